The third kappa shape index (κ3) is 5.77. The second-order valence-electron chi connectivity index (χ2n) is 9.37. The van der Waals surface area contributed by atoms with Crippen LogP contribution in [-0.2, 0) is 20.8 Å². The summed E-state index contributed by atoms with van der Waals surface area (Å²) in [7, 11) is 1.63. The standard InChI is InChI=1S/C24H36N2O5/c1-15-4-3-5-17(10-15)25-14-21-23(28)24-20(31-21)11-19(30-24)12-22(27)26-13-16-6-8-18(29-2)9-7-16/h6-9,15,17,19-21,23-25,28H,3-5,10-14H2,1-2H3,(H,26,27)/t15-,17?,19+,20-,21-,23-,24+/m1/s1. The van der Waals surface area contributed by atoms with Gasteiger partial charge in [0.2, 0.25) is 5.91 Å². The molecular weight excluding hydrogens is 396 g/mol. The molecule has 1 aromatic rings. The van der Waals surface area contributed by atoms with Crippen LogP contribution in [0.5, 0.6) is 5.75 Å². The van der Waals surface area contributed by atoms with Crippen LogP contribution in [0.2, 0.25) is 0 Å². The molecule has 2 saturated heterocycles. The lowest BCUT2D eigenvalue weighted by atomic mass is 9.87. The first-order valence-electron chi connectivity index (χ1n) is 11.6. The number of fused-ring (bicyclic) bond motifs is 1. The number of aliphatic hydroxyl groups excluding tert-OH is 1. The number of benzene rings is 1. The third-order valence-corrected chi connectivity index (χ3v) is 6.88. The molecule has 0 bridgehead atoms. The Labute approximate surface area is 184 Å². The number of hydrogen-bond donors (Lipinski definition) is 3. The Kier molecular flexibility index (Phi) is 7.48. The largest absolute Gasteiger partial charge is 0.497 e. The predicted octanol–water partition coefficient (Wildman–Crippen LogP) is 2.16. The number of ether oxygens (including phenoxy) is 3. The van der Waals surface area contributed by atoms with Crippen molar-refractivity contribution in [2.45, 2.75) is 88.6 Å². The molecule has 0 aromatic heterocycles. The van der Waals surface area contributed by atoms with Gasteiger partial charge in [0.15, 0.2) is 0 Å². The van der Waals surface area contributed by atoms with Gasteiger partial charge in [-0.1, -0.05) is 31.9 Å². The Morgan fingerprint density at radius 2 is 2.00 bits per heavy atom. The molecule has 1 unspecified atom stereocenters. The van der Waals surface area contributed by atoms with Gasteiger partial charge in [-0.25, -0.2) is 0 Å². The number of aliphatic hydroxyl groups is 1. The van der Waals surface area contributed by atoms with Gasteiger partial charge >= 0.3 is 0 Å². The molecule has 2 heterocycles. The molecule has 1 aromatic carbocycles. The summed E-state index contributed by atoms with van der Waals surface area (Å²) in [5.41, 5.74) is 1.01. The molecule has 1 aliphatic carbocycles. The number of hydrogen-bond acceptors (Lipinski definition) is 6. The molecule has 3 aliphatic rings. The van der Waals surface area contributed by atoms with Crippen LogP contribution in [0, 0.1) is 5.92 Å². The molecule has 7 nitrogen and oxygen atoms in total. The molecule has 4 rings (SSSR count). The van der Waals surface area contributed by atoms with Gasteiger partial charge in [0, 0.05) is 25.6 Å². The number of carbonyl (C=O) groups excluding carboxylic acids is 1. The molecule has 3 fully saturated rings. The summed E-state index contributed by atoms with van der Waals surface area (Å²) in [6.45, 7) is 3.43. The lowest BCUT2D eigenvalue weighted by Gasteiger charge is -2.29. The fourth-order valence-corrected chi connectivity index (χ4v) is 5.13. The second-order valence-corrected chi connectivity index (χ2v) is 9.37. The minimum atomic E-state index is -0.647. The molecule has 1 saturated carbocycles. The quantitative estimate of drug-likeness (QED) is 0.583. The van der Waals surface area contributed by atoms with E-state index in [0.29, 0.717) is 25.6 Å². The van der Waals surface area contributed by atoms with E-state index in [4.69, 9.17) is 14.2 Å². The summed E-state index contributed by atoms with van der Waals surface area (Å²) in [5.74, 6) is 1.50. The Morgan fingerprint density at radius 3 is 2.71 bits per heavy atom. The van der Waals surface area contributed by atoms with Crippen LogP contribution in [0.1, 0.15) is 51.0 Å². The Bertz CT molecular complexity index is 727. The molecule has 7 atom stereocenters. The maximum absolute atomic E-state index is 12.3. The molecule has 2 aliphatic heterocycles. The fourth-order valence-electron chi connectivity index (χ4n) is 5.13. The summed E-state index contributed by atoms with van der Waals surface area (Å²) < 4.78 is 17.3. The Hall–Kier alpha value is -1.67. The lowest BCUT2D eigenvalue weighted by Crippen LogP contribution is -2.43. The van der Waals surface area contributed by atoms with Gasteiger partial charge in [-0.3, -0.25) is 4.79 Å². The highest BCUT2D eigenvalue weighted by atomic mass is 16.6. The third-order valence-electron chi connectivity index (χ3n) is 6.88. The van der Waals surface area contributed by atoms with Crippen LogP contribution >= 0.6 is 0 Å². The SMILES string of the molecule is COc1ccc(CNC(=O)C[C@@H]2C[C@H]3O[C@H](CNC4CCC[C@@H](C)C4)[C@@H](O)[C@H]3O2)cc1. The molecule has 7 heteroatoms. The molecule has 3 N–H and O–H groups in total. The van der Waals surface area contributed by atoms with E-state index in [0.717, 1.165) is 17.2 Å². The molecule has 0 radical (unpaired) electrons. The summed E-state index contributed by atoms with van der Waals surface area (Å²) in [6, 6.07) is 8.13. The highest BCUT2D eigenvalue weighted by Crippen LogP contribution is 2.35. The zero-order valence-corrected chi connectivity index (χ0v) is 18.6. The maximum Gasteiger partial charge on any atom is 0.222 e. The number of nitrogens with one attached hydrogen (secondary N) is 2. The molecule has 172 valence electrons. The van der Waals surface area contributed by atoms with Crippen molar-refractivity contribution < 1.29 is 24.1 Å². The fraction of sp³-hybridized carbons (Fsp3) is 0.708. The first-order chi connectivity index (χ1) is 15.0. The summed E-state index contributed by atoms with van der Waals surface area (Å²) in [5, 5.41) is 17.2. The van der Waals surface area contributed by atoms with Crippen molar-refractivity contribution >= 4 is 5.91 Å². The minimum absolute atomic E-state index is 0.0556. The molecule has 31 heavy (non-hydrogen) atoms. The maximum atomic E-state index is 12.3. The van der Waals surface area contributed by atoms with Crippen molar-refractivity contribution in [2.24, 2.45) is 5.92 Å². The van der Waals surface area contributed by atoms with Crippen molar-refractivity contribution in [1.29, 1.82) is 0 Å². The molecular formula is C24H36N2O5. The smallest absolute Gasteiger partial charge is 0.222 e. The highest BCUT2D eigenvalue weighted by molar-refractivity contribution is 5.76. The van der Waals surface area contributed by atoms with Gasteiger partial charge in [-0.05, 0) is 36.5 Å². The van der Waals surface area contributed by atoms with Crippen LogP contribution < -0.4 is 15.4 Å². The average Bonchev–Trinajstić information content (AvgIpc) is 3.29. The van der Waals surface area contributed by atoms with E-state index in [9.17, 15) is 9.90 Å². The van der Waals surface area contributed by atoms with E-state index >= 15 is 0 Å². The lowest BCUT2D eigenvalue weighted by molar-refractivity contribution is -0.124. The summed E-state index contributed by atoms with van der Waals surface area (Å²) in [6.07, 6.45) is 4.33. The van der Waals surface area contributed by atoms with Gasteiger partial charge in [-0.15, -0.1) is 0 Å². The van der Waals surface area contributed by atoms with Crippen molar-refractivity contribution in [3.63, 3.8) is 0 Å². The van der Waals surface area contributed by atoms with Crippen molar-refractivity contribution in [2.75, 3.05) is 13.7 Å². The van der Waals surface area contributed by atoms with Crippen LogP contribution in [0.25, 0.3) is 0 Å². The van der Waals surface area contributed by atoms with Gasteiger partial charge in [-0.2, -0.15) is 0 Å². The second kappa shape index (κ2) is 10.3. The molecule has 1 amide bonds. The van der Waals surface area contributed by atoms with E-state index < -0.39 is 6.10 Å². The Balaban J connectivity index is 1.17. The van der Waals surface area contributed by atoms with Gasteiger partial charge in [0.25, 0.3) is 0 Å². The Morgan fingerprint density at radius 1 is 1.19 bits per heavy atom. The van der Waals surface area contributed by atoms with Crippen LogP contribution in [0.3, 0.4) is 0 Å². The van der Waals surface area contributed by atoms with Crippen LogP contribution in [-0.4, -0.2) is 61.2 Å². The topological polar surface area (TPSA) is 89.1 Å². The van der Waals surface area contributed by atoms with Gasteiger partial charge in [0.05, 0.1) is 31.8 Å². The number of carbonyl (C=O) groups is 1. The van der Waals surface area contributed by atoms with Gasteiger partial charge in [0.1, 0.15) is 18.0 Å². The monoisotopic (exact) mass is 432 g/mol. The minimum Gasteiger partial charge on any atom is -0.497 e. The first-order valence-corrected chi connectivity index (χ1v) is 11.6. The summed E-state index contributed by atoms with van der Waals surface area (Å²) >= 11 is 0. The number of methoxy groups -OCH3 is 1. The van der Waals surface area contributed by atoms with Gasteiger partial charge < -0.3 is 30.0 Å². The average molecular weight is 433 g/mol. The normalized spacial score (nSPS) is 35.0. The number of rotatable bonds is 8. The van der Waals surface area contributed by atoms with E-state index in [1.807, 2.05) is 24.3 Å². The first kappa shape index (κ1) is 22.5. The van der Waals surface area contributed by atoms with E-state index in [1.165, 1.54) is 25.7 Å². The van der Waals surface area contributed by atoms with Crippen molar-refractivity contribution in [3.8, 4) is 5.75 Å². The van der Waals surface area contributed by atoms with E-state index in [-0.39, 0.29) is 36.7 Å². The summed E-state index contributed by atoms with van der Waals surface area (Å²) in [4.78, 5) is 12.3. The van der Waals surface area contributed by atoms with Crippen molar-refractivity contribution in [3.05, 3.63) is 29.8 Å². The zero-order valence-electron chi connectivity index (χ0n) is 18.6. The van der Waals surface area contributed by atoms with Crippen molar-refractivity contribution in [1.82, 2.24) is 10.6 Å². The predicted molar refractivity (Wildman–Crippen MR) is 117 cm³/mol. The highest BCUT2D eigenvalue weighted by Gasteiger charge is 2.50. The zero-order chi connectivity index (χ0) is 21.8. The van der Waals surface area contributed by atoms with Crippen LogP contribution in [0.15, 0.2) is 24.3 Å². The van der Waals surface area contributed by atoms with E-state index in [1.54, 1.807) is 7.11 Å². The molecule has 0 spiro atoms. The number of amides is 1. The van der Waals surface area contributed by atoms with Crippen LogP contribution in [0.4, 0.5) is 0 Å². The van der Waals surface area contributed by atoms with E-state index in [2.05, 4.69) is 17.6 Å².